The van der Waals surface area contributed by atoms with E-state index in [-0.39, 0.29) is 6.79 Å². The molecule has 1 aromatic carbocycles. The van der Waals surface area contributed by atoms with Crippen LogP contribution >= 0.6 is 0 Å². The van der Waals surface area contributed by atoms with Crippen LogP contribution in [0.2, 0.25) is 0 Å². The lowest BCUT2D eigenvalue weighted by molar-refractivity contribution is 0.0539. The van der Waals surface area contributed by atoms with E-state index in [1.54, 1.807) is 7.11 Å². The molecule has 150 valence electrons. The highest BCUT2D eigenvalue weighted by Gasteiger charge is 2.32. The topological polar surface area (TPSA) is 48.8 Å². The van der Waals surface area contributed by atoms with Crippen LogP contribution in [0, 0.1) is 5.92 Å². The summed E-state index contributed by atoms with van der Waals surface area (Å²) in [6.45, 7) is 3.84. The zero-order valence-corrected chi connectivity index (χ0v) is 16.6. The normalized spacial score (nSPS) is 24.2. The van der Waals surface area contributed by atoms with E-state index < -0.39 is 0 Å². The number of hydrogen-bond donors (Lipinski definition) is 0. The van der Waals surface area contributed by atoms with Crippen LogP contribution in [0.4, 0.5) is 0 Å². The number of rotatable bonds is 5. The molecule has 0 radical (unpaired) electrons. The van der Waals surface area contributed by atoms with Crippen molar-refractivity contribution in [2.24, 2.45) is 5.92 Å². The first kappa shape index (κ1) is 17.9. The summed E-state index contributed by atoms with van der Waals surface area (Å²) in [4.78, 5) is 7.38. The van der Waals surface area contributed by atoms with Gasteiger partial charge in [-0.15, -0.1) is 0 Å². The summed E-state index contributed by atoms with van der Waals surface area (Å²) in [5.74, 6) is 3.88. The molecule has 0 spiro atoms. The van der Waals surface area contributed by atoms with Gasteiger partial charge in [-0.05, 0) is 63.2 Å². The monoisotopic (exact) mass is 383 g/mol. The predicted octanol–water partition coefficient (Wildman–Crippen LogP) is 3.94. The lowest BCUT2D eigenvalue weighted by Crippen LogP contribution is -2.48. The average molecular weight is 383 g/mol. The lowest BCUT2D eigenvalue weighted by Gasteiger charge is -2.44. The molecule has 0 saturated carbocycles. The third kappa shape index (κ3) is 3.24. The maximum atomic E-state index is 5.59. The van der Waals surface area contributed by atoms with Crippen molar-refractivity contribution in [2.75, 3.05) is 27.0 Å². The SMILES string of the molecule is COc1cc(-c2nccn2CC[C@@H]2CCCN3CCCC[C@H]23)cc2c1OCO2. The molecule has 28 heavy (non-hydrogen) atoms. The largest absolute Gasteiger partial charge is 0.493 e. The molecular formula is C22H29N3O3. The molecule has 0 unspecified atom stereocenters. The minimum Gasteiger partial charge on any atom is -0.493 e. The van der Waals surface area contributed by atoms with Gasteiger partial charge in [0.2, 0.25) is 12.5 Å². The molecule has 3 aliphatic heterocycles. The second-order valence-electron chi connectivity index (χ2n) is 8.15. The van der Waals surface area contributed by atoms with E-state index in [2.05, 4.69) is 20.6 Å². The smallest absolute Gasteiger partial charge is 0.231 e. The Bertz CT molecular complexity index is 832. The lowest BCUT2D eigenvalue weighted by atomic mass is 9.81. The Hall–Kier alpha value is -2.21. The van der Waals surface area contributed by atoms with Crippen molar-refractivity contribution in [3.05, 3.63) is 24.5 Å². The van der Waals surface area contributed by atoms with Crippen LogP contribution in [-0.4, -0.2) is 47.5 Å². The number of nitrogens with zero attached hydrogens (tertiary/aromatic N) is 3. The molecule has 0 amide bonds. The minimum atomic E-state index is 0.239. The van der Waals surface area contributed by atoms with Crippen molar-refractivity contribution in [3.63, 3.8) is 0 Å². The van der Waals surface area contributed by atoms with Crippen LogP contribution in [0.15, 0.2) is 24.5 Å². The first-order valence-corrected chi connectivity index (χ1v) is 10.6. The number of methoxy groups -OCH3 is 1. The van der Waals surface area contributed by atoms with E-state index in [4.69, 9.17) is 14.2 Å². The third-order valence-corrected chi connectivity index (χ3v) is 6.60. The molecule has 2 fully saturated rings. The Morgan fingerprint density at radius 1 is 1.14 bits per heavy atom. The van der Waals surface area contributed by atoms with Crippen molar-refractivity contribution in [1.82, 2.24) is 14.5 Å². The van der Waals surface area contributed by atoms with Gasteiger partial charge in [0.15, 0.2) is 11.5 Å². The molecule has 5 rings (SSSR count). The number of benzene rings is 1. The first-order chi connectivity index (χ1) is 13.8. The summed E-state index contributed by atoms with van der Waals surface area (Å²) in [5.41, 5.74) is 1.01. The molecule has 0 bridgehead atoms. The Morgan fingerprint density at radius 3 is 3.00 bits per heavy atom. The van der Waals surface area contributed by atoms with Crippen molar-refractivity contribution in [1.29, 1.82) is 0 Å². The number of ether oxygens (including phenoxy) is 3. The van der Waals surface area contributed by atoms with Crippen molar-refractivity contribution in [2.45, 2.75) is 51.1 Å². The zero-order valence-electron chi connectivity index (χ0n) is 16.6. The maximum absolute atomic E-state index is 5.59. The summed E-state index contributed by atoms with van der Waals surface area (Å²) in [7, 11) is 1.66. The number of imidazole rings is 1. The van der Waals surface area contributed by atoms with E-state index in [0.29, 0.717) is 11.5 Å². The summed E-state index contributed by atoms with van der Waals surface area (Å²) in [5, 5.41) is 0. The van der Waals surface area contributed by atoms with E-state index in [9.17, 15) is 0 Å². The number of aryl methyl sites for hydroxylation is 1. The van der Waals surface area contributed by atoms with Crippen molar-refractivity contribution in [3.8, 4) is 28.6 Å². The van der Waals surface area contributed by atoms with Gasteiger partial charge in [-0.2, -0.15) is 0 Å². The van der Waals surface area contributed by atoms with Crippen LogP contribution in [0.5, 0.6) is 17.2 Å². The summed E-state index contributed by atoms with van der Waals surface area (Å²) in [6, 6.07) is 4.79. The molecule has 2 aromatic rings. The van der Waals surface area contributed by atoms with Crippen LogP contribution in [0.25, 0.3) is 11.4 Å². The van der Waals surface area contributed by atoms with E-state index in [1.807, 2.05) is 18.3 Å². The Labute approximate surface area is 166 Å². The van der Waals surface area contributed by atoms with Gasteiger partial charge in [0, 0.05) is 30.5 Å². The Morgan fingerprint density at radius 2 is 2.07 bits per heavy atom. The number of aromatic nitrogens is 2. The summed E-state index contributed by atoms with van der Waals surface area (Å²) in [6.07, 6.45) is 12.0. The number of hydrogen-bond acceptors (Lipinski definition) is 5. The molecule has 2 saturated heterocycles. The number of fused-ring (bicyclic) bond motifs is 2. The standard InChI is InChI=1S/C22H29N3O3/c1-26-19-13-17(14-20-21(19)28-15-27-20)22-23-8-12-25(22)11-7-16-5-4-10-24-9-3-2-6-18(16)24/h8,12-14,16,18H,2-7,9-11,15H2,1H3/t16-,18+/m0/s1. The highest BCUT2D eigenvalue weighted by atomic mass is 16.7. The highest BCUT2D eigenvalue weighted by molar-refractivity contribution is 5.67. The number of piperidine rings is 2. The first-order valence-electron chi connectivity index (χ1n) is 10.6. The molecule has 0 N–H and O–H groups in total. The zero-order chi connectivity index (χ0) is 18.9. The molecule has 4 heterocycles. The van der Waals surface area contributed by atoms with E-state index >= 15 is 0 Å². The molecular weight excluding hydrogens is 354 g/mol. The summed E-state index contributed by atoms with van der Waals surface area (Å²) >= 11 is 0. The Kier molecular flexibility index (Phi) is 4.89. The van der Waals surface area contributed by atoms with Crippen LogP contribution < -0.4 is 14.2 Å². The van der Waals surface area contributed by atoms with Gasteiger partial charge < -0.3 is 23.7 Å². The molecule has 6 nitrogen and oxygen atoms in total. The van der Waals surface area contributed by atoms with Crippen molar-refractivity contribution >= 4 is 0 Å². The van der Waals surface area contributed by atoms with Gasteiger partial charge in [0.05, 0.1) is 7.11 Å². The third-order valence-electron chi connectivity index (χ3n) is 6.60. The minimum absolute atomic E-state index is 0.239. The van der Waals surface area contributed by atoms with E-state index in [0.717, 1.165) is 35.6 Å². The van der Waals surface area contributed by atoms with Gasteiger partial charge >= 0.3 is 0 Å². The van der Waals surface area contributed by atoms with Crippen LogP contribution in [0.3, 0.4) is 0 Å². The van der Waals surface area contributed by atoms with Gasteiger partial charge in [0.1, 0.15) is 5.82 Å². The molecule has 6 heteroatoms. The van der Waals surface area contributed by atoms with Crippen molar-refractivity contribution < 1.29 is 14.2 Å². The van der Waals surface area contributed by atoms with E-state index in [1.165, 1.54) is 51.6 Å². The molecule has 0 aliphatic carbocycles. The molecule has 1 aromatic heterocycles. The van der Waals surface area contributed by atoms with Gasteiger partial charge in [-0.25, -0.2) is 4.98 Å². The Balaban J connectivity index is 1.34. The fourth-order valence-electron chi connectivity index (χ4n) is 5.23. The fourth-order valence-corrected chi connectivity index (χ4v) is 5.23. The quantitative estimate of drug-likeness (QED) is 0.783. The highest BCUT2D eigenvalue weighted by Crippen LogP contribution is 2.44. The predicted molar refractivity (Wildman–Crippen MR) is 107 cm³/mol. The maximum Gasteiger partial charge on any atom is 0.231 e. The van der Waals surface area contributed by atoms with Crippen LogP contribution in [0.1, 0.15) is 38.5 Å². The summed E-state index contributed by atoms with van der Waals surface area (Å²) < 4.78 is 18.9. The molecule has 3 aliphatic rings. The van der Waals surface area contributed by atoms with Crippen LogP contribution in [-0.2, 0) is 6.54 Å². The van der Waals surface area contributed by atoms with Gasteiger partial charge in [0.25, 0.3) is 0 Å². The molecule has 2 atom stereocenters. The van der Waals surface area contributed by atoms with Gasteiger partial charge in [-0.1, -0.05) is 6.42 Å². The second-order valence-corrected chi connectivity index (χ2v) is 8.15. The van der Waals surface area contributed by atoms with Gasteiger partial charge in [-0.3, -0.25) is 0 Å². The second kappa shape index (κ2) is 7.66. The fraction of sp³-hybridized carbons (Fsp3) is 0.591. The average Bonchev–Trinajstić information content (AvgIpc) is 3.40.